The Kier molecular flexibility index (Phi) is 5.76. The molecule has 1 aromatic carbocycles. The number of methoxy groups -OCH3 is 1. The van der Waals surface area contributed by atoms with E-state index in [1.54, 1.807) is 13.2 Å². The highest BCUT2D eigenvalue weighted by molar-refractivity contribution is 5.92. The average Bonchev–Trinajstić information content (AvgIpc) is 3.52. The van der Waals surface area contributed by atoms with E-state index in [0.717, 1.165) is 38.5 Å². The summed E-state index contributed by atoms with van der Waals surface area (Å²) >= 11 is 0. The average molecular weight is 394 g/mol. The zero-order valence-corrected chi connectivity index (χ0v) is 17.7. The van der Waals surface area contributed by atoms with Gasteiger partial charge in [0.1, 0.15) is 5.75 Å². The maximum Gasteiger partial charge on any atom is 0.246 e. The first-order valence-corrected chi connectivity index (χ1v) is 10.6. The molecule has 1 saturated heterocycles. The predicted molar refractivity (Wildman–Crippen MR) is 116 cm³/mol. The zero-order chi connectivity index (χ0) is 20.4. The Hall–Kier alpha value is -2.53. The van der Waals surface area contributed by atoms with Gasteiger partial charge in [0.25, 0.3) is 0 Å². The van der Waals surface area contributed by atoms with Crippen LogP contribution in [0.2, 0.25) is 0 Å². The van der Waals surface area contributed by atoms with Gasteiger partial charge in [0.2, 0.25) is 5.91 Å². The van der Waals surface area contributed by atoms with E-state index >= 15 is 0 Å². The van der Waals surface area contributed by atoms with Gasteiger partial charge in [-0.05, 0) is 62.1 Å². The molecule has 154 valence electrons. The number of carbonyl (C=O) groups is 1. The van der Waals surface area contributed by atoms with Gasteiger partial charge in [0.15, 0.2) is 0 Å². The van der Waals surface area contributed by atoms with E-state index in [1.807, 2.05) is 23.1 Å². The molecule has 2 aliphatic rings. The van der Waals surface area contributed by atoms with Gasteiger partial charge in [0, 0.05) is 56.2 Å². The first-order valence-electron chi connectivity index (χ1n) is 10.6. The number of benzene rings is 1. The summed E-state index contributed by atoms with van der Waals surface area (Å²) in [5, 5.41) is 0. The van der Waals surface area contributed by atoms with Gasteiger partial charge in [-0.3, -0.25) is 9.69 Å². The number of nitrogens with zero attached hydrogens (tertiary/aromatic N) is 3. The zero-order valence-electron chi connectivity index (χ0n) is 17.7. The monoisotopic (exact) mass is 393 g/mol. The minimum atomic E-state index is 0.116. The lowest BCUT2D eigenvalue weighted by atomic mass is 10.2. The summed E-state index contributed by atoms with van der Waals surface area (Å²) in [6, 6.07) is 11.1. The second kappa shape index (κ2) is 8.46. The molecule has 4 rings (SSSR count). The van der Waals surface area contributed by atoms with Crippen LogP contribution in [-0.4, -0.2) is 53.6 Å². The summed E-state index contributed by atoms with van der Waals surface area (Å²) in [7, 11) is 1.69. The van der Waals surface area contributed by atoms with Gasteiger partial charge in [0.05, 0.1) is 7.11 Å². The smallest absolute Gasteiger partial charge is 0.246 e. The van der Waals surface area contributed by atoms with E-state index in [2.05, 4.69) is 41.5 Å². The molecule has 0 bridgehead atoms. The number of ether oxygens (including phenoxy) is 1. The molecule has 1 saturated carbocycles. The molecule has 0 radical (unpaired) electrons. The fraction of sp³-hybridized carbons (Fsp3) is 0.458. The van der Waals surface area contributed by atoms with Crippen molar-refractivity contribution in [1.29, 1.82) is 0 Å². The Morgan fingerprint density at radius 3 is 2.41 bits per heavy atom. The SMILES string of the molecule is COc1ccc(CN2CCN(C(=O)/C=C/c3cc(C)n(C4CC4)c3C)CC2)cc1. The third kappa shape index (κ3) is 4.56. The van der Waals surface area contributed by atoms with Gasteiger partial charge >= 0.3 is 0 Å². The lowest BCUT2D eigenvalue weighted by Gasteiger charge is -2.34. The van der Waals surface area contributed by atoms with Crippen molar-refractivity contribution in [3.8, 4) is 5.75 Å². The second-order valence-corrected chi connectivity index (χ2v) is 8.21. The maximum absolute atomic E-state index is 12.7. The lowest BCUT2D eigenvalue weighted by Crippen LogP contribution is -2.47. The molecule has 0 unspecified atom stereocenters. The van der Waals surface area contributed by atoms with E-state index in [1.165, 1.54) is 35.4 Å². The summed E-state index contributed by atoms with van der Waals surface area (Å²) in [6.45, 7) is 8.60. The molecule has 5 heteroatoms. The molecule has 1 aliphatic heterocycles. The molecule has 0 N–H and O–H groups in total. The molecule has 2 heterocycles. The molecule has 5 nitrogen and oxygen atoms in total. The van der Waals surface area contributed by atoms with Gasteiger partial charge in [-0.1, -0.05) is 12.1 Å². The highest BCUT2D eigenvalue weighted by Crippen LogP contribution is 2.38. The fourth-order valence-corrected chi connectivity index (χ4v) is 4.25. The van der Waals surface area contributed by atoms with E-state index in [0.29, 0.717) is 6.04 Å². The minimum Gasteiger partial charge on any atom is -0.497 e. The molecule has 1 amide bonds. The minimum absolute atomic E-state index is 0.116. The van der Waals surface area contributed by atoms with Crippen molar-refractivity contribution >= 4 is 12.0 Å². The molecular weight excluding hydrogens is 362 g/mol. The van der Waals surface area contributed by atoms with Crippen LogP contribution >= 0.6 is 0 Å². The van der Waals surface area contributed by atoms with Crippen LogP contribution in [0.15, 0.2) is 36.4 Å². The molecule has 1 aliphatic carbocycles. The second-order valence-electron chi connectivity index (χ2n) is 8.21. The lowest BCUT2D eigenvalue weighted by molar-refractivity contribution is -0.127. The van der Waals surface area contributed by atoms with E-state index in [4.69, 9.17) is 4.74 Å². The van der Waals surface area contributed by atoms with Crippen molar-refractivity contribution < 1.29 is 9.53 Å². The summed E-state index contributed by atoms with van der Waals surface area (Å²) in [4.78, 5) is 17.0. The molecular formula is C24H31N3O2. The topological polar surface area (TPSA) is 37.7 Å². The van der Waals surface area contributed by atoms with Crippen LogP contribution in [0.1, 0.15) is 41.4 Å². The van der Waals surface area contributed by atoms with Crippen molar-refractivity contribution in [1.82, 2.24) is 14.4 Å². The fourth-order valence-electron chi connectivity index (χ4n) is 4.25. The number of carbonyl (C=O) groups excluding carboxylic acids is 1. The van der Waals surface area contributed by atoms with Crippen LogP contribution < -0.4 is 4.74 Å². The number of piperazine rings is 1. The Labute approximate surface area is 173 Å². The molecule has 0 atom stereocenters. The van der Waals surface area contributed by atoms with Crippen LogP contribution in [-0.2, 0) is 11.3 Å². The summed E-state index contributed by atoms with van der Waals surface area (Å²) in [5.74, 6) is 0.999. The highest BCUT2D eigenvalue weighted by Gasteiger charge is 2.26. The first-order chi connectivity index (χ1) is 14.0. The summed E-state index contributed by atoms with van der Waals surface area (Å²) in [6.07, 6.45) is 6.30. The van der Waals surface area contributed by atoms with Crippen LogP contribution in [0, 0.1) is 13.8 Å². The first kappa shape index (κ1) is 19.8. The molecule has 2 fully saturated rings. The van der Waals surface area contributed by atoms with Gasteiger partial charge in [-0.15, -0.1) is 0 Å². The van der Waals surface area contributed by atoms with Crippen LogP contribution in [0.25, 0.3) is 6.08 Å². The Balaban J connectivity index is 1.29. The number of hydrogen-bond donors (Lipinski definition) is 0. The van der Waals surface area contributed by atoms with Gasteiger partial charge in [-0.25, -0.2) is 0 Å². The largest absolute Gasteiger partial charge is 0.497 e. The molecule has 0 spiro atoms. The van der Waals surface area contributed by atoms with E-state index in [9.17, 15) is 4.79 Å². The Morgan fingerprint density at radius 2 is 1.79 bits per heavy atom. The van der Waals surface area contributed by atoms with Gasteiger partial charge in [-0.2, -0.15) is 0 Å². The normalized spacial score (nSPS) is 17.8. The highest BCUT2D eigenvalue weighted by atomic mass is 16.5. The number of aromatic nitrogens is 1. The summed E-state index contributed by atoms with van der Waals surface area (Å²) < 4.78 is 7.64. The molecule has 29 heavy (non-hydrogen) atoms. The summed E-state index contributed by atoms with van der Waals surface area (Å²) in [5.41, 5.74) is 5.01. The van der Waals surface area contributed by atoms with E-state index < -0.39 is 0 Å². The number of hydrogen-bond acceptors (Lipinski definition) is 3. The Bertz CT molecular complexity index is 886. The van der Waals surface area contributed by atoms with Crippen LogP contribution in [0.5, 0.6) is 5.75 Å². The number of aryl methyl sites for hydroxylation is 1. The van der Waals surface area contributed by atoms with Crippen molar-refractivity contribution in [2.24, 2.45) is 0 Å². The van der Waals surface area contributed by atoms with Crippen molar-refractivity contribution in [2.75, 3.05) is 33.3 Å². The maximum atomic E-state index is 12.7. The number of amides is 1. The third-order valence-corrected chi connectivity index (χ3v) is 6.09. The van der Waals surface area contributed by atoms with Crippen LogP contribution in [0.4, 0.5) is 0 Å². The van der Waals surface area contributed by atoms with Crippen molar-refractivity contribution in [2.45, 2.75) is 39.3 Å². The van der Waals surface area contributed by atoms with Gasteiger partial charge < -0.3 is 14.2 Å². The van der Waals surface area contributed by atoms with Crippen molar-refractivity contribution in [3.05, 3.63) is 58.9 Å². The quantitative estimate of drug-likeness (QED) is 0.701. The van der Waals surface area contributed by atoms with E-state index in [-0.39, 0.29) is 5.91 Å². The number of rotatable bonds is 6. The van der Waals surface area contributed by atoms with Crippen LogP contribution in [0.3, 0.4) is 0 Å². The predicted octanol–water partition coefficient (Wildman–Crippen LogP) is 3.81. The van der Waals surface area contributed by atoms with Crippen molar-refractivity contribution in [3.63, 3.8) is 0 Å². The standard InChI is InChI=1S/C24H31N3O2/c1-18-16-21(19(2)27(18)22-7-8-22)6-11-24(28)26-14-12-25(13-15-26)17-20-4-9-23(29-3)10-5-20/h4-6,9-11,16,22H,7-8,12-15,17H2,1-3H3/b11-6+. The molecule has 2 aromatic rings. The Morgan fingerprint density at radius 1 is 1.10 bits per heavy atom. The third-order valence-electron chi connectivity index (χ3n) is 6.09. The molecule has 1 aromatic heterocycles.